The summed E-state index contributed by atoms with van der Waals surface area (Å²) >= 11 is 0. The Morgan fingerprint density at radius 2 is 1.61 bits per heavy atom. The molecular weight excluding hydrogens is 456 g/mol. The highest BCUT2D eigenvalue weighted by Gasteiger charge is 2.20. The molecule has 184 valence electrons. The third kappa shape index (κ3) is 5.29. The molecule has 3 N–H and O–H groups in total. The minimum Gasteiger partial charge on any atom is -0.494 e. The summed E-state index contributed by atoms with van der Waals surface area (Å²) in [6.45, 7) is 2.85. The summed E-state index contributed by atoms with van der Waals surface area (Å²) in [6.07, 6.45) is 0. The van der Waals surface area contributed by atoms with Gasteiger partial charge in [-0.1, -0.05) is 36.4 Å². The Labute approximate surface area is 209 Å². The van der Waals surface area contributed by atoms with Gasteiger partial charge in [0.1, 0.15) is 0 Å². The van der Waals surface area contributed by atoms with E-state index < -0.39 is 5.97 Å². The summed E-state index contributed by atoms with van der Waals surface area (Å²) in [7, 11) is 3.92. The lowest BCUT2D eigenvalue weighted by molar-refractivity contribution is -0.116. The molecule has 0 aliphatic rings. The molecule has 0 radical (unpaired) electrons. The van der Waals surface area contributed by atoms with Crippen LogP contribution >= 0.6 is 0 Å². The second-order valence-corrected chi connectivity index (χ2v) is 8.73. The fourth-order valence-electron chi connectivity index (χ4n) is 4.02. The maximum Gasteiger partial charge on any atom is 0.335 e. The lowest BCUT2D eigenvalue weighted by Gasteiger charge is -2.23. The first-order chi connectivity index (χ1) is 17.2. The summed E-state index contributed by atoms with van der Waals surface area (Å²) in [4.78, 5) is 35.1. The second kappa shape index (κ2) is 10.5. The van der Waals surface area contributed by atoms with Crippen LogP contribution in [0, 0.1) is 0 Å². The van der Waals surface area contributed by atoms with Gasteiger partial charge < -0.3 is 25.0 Å². The van der Waals surface area contributed by atoms with E-state index in [4.69, 9.17) is 4.99 Å². The maximum absolute atomic E-state index is 12.2. The average Bonchev–Trinajstić information content (AvgIpc) is 3.18. The molecule has 0 aliphatic carbocycles. The number of likely N-dealkylation sites (N-methyl/N-ethyl adjacent to an activating group) is 1. The van der Waals surface area contributed by atoms with Crippen molar-refractivity contribution in [3.05, 3.63) is 89.5 Å². The molecule has 0 fully saturated rings. The van der Waals surface area contributed by atoms with E-state index in [1.807, 2.05) is 73.6 Å². The number of aromatic hydroxyl groups is 1. The Bertz CT molecular complexity index is 1420. The van der Waals surface area contributed by atoms with Crippen LogP contribution in [0.15, 0.2) is 77.8 Å². The van der Waals surface area contributed by atoms with Crippen molar-refractivity contribution in [2.24, 2.45) is 4.99 Å². The van der Waals surface area contributed by atoms with Crippen LogP contribution in [0.3, 0.4) is 0 Å². The lowest BCUT2D eigenvalue weighted by Crippen LogP contribution is -2.35. The summed E-state index contributed by atoms with van der Waals surface area (Å²) in [5, 5.41) is 20.8. The van der Waals surface area contributed by atoms with E-state index in [9.17, 15) is 19.8 Å². The molecule has 8 nitrogen and oxygen atoms in total. The predicted octanol–water partition coefficient (Wildman–Crippen LogP) is 4.66. The van der Waals surface area contributed by atoms with Gasteiger partial charge >= 0.3 is 5.97 Å². The number of aromatic carboxylic acids is 1. The predicted molar refractivity (Wildman–Crippen MR) is 142 cm³/mol. The molecule has 0 aliphatic heterocycles. The van der Waals surface area contributed by atoms with Crippen LogP contribution in [0.2, 0.25) is 0 Å². The van der Waals surface area contributed by atoms with Crippen molar-refractivity contribution in [2.45, 2.75) is 6.92 Å². The fraction of sp³-hybridized carbons (Fsp3) is 0.179. The zero-order chi connectivity index (χ0) is 25.8. The molecule has 1 aromatic heterocycles. The van der Waals surface area contributed by atoms with E-state index in [0.717, 1.165) is 17.8 Å². The highest BCUT2D eigenvalue weighted by Crippen LogP contribution is 2.32. The molecule has 0 saturated carbocycles. The Morgan fingerprint density at radius 1 is 0.917 bits per heavy atom. The van der Waals surface area contributed by atoms with Crippen molar-refractivity contribution in [3.8, 4) is 5.88 Å². The summed E-state index contributed by atoms with van der Waals surface area (Å²) in [6, 6.07) is 21.5. The van der Waals surface area contributed by atoms with Crippen molar-refractivity contribution in [1.29, 1.82) is 0 Å². The Morgan fingerprint density at radius 3 is 2.22 bits per heavy atom. The number of carbonyl (C=O) groups is 2. The second-order valence-electron chi connectivity index (χ2n) is 8.73. The molecule has 0 saturated heterocycles. The molecule has 0 atom stereocenters. The molecular formula is C28H28N4O4. The number of nitrogens with zero attached hydrogens (tertiary/aromatic N) is 3. The molecule has 1 heterocycles. The average molecular weight is 485 g/mol. The van der Waals surface area contributed by atoms with Crippen LogP contribution in [0.5, 0.6) is 5.88 Å². The van der Waals surface area contributed by atoms with E-state index in [1.165, 1.54) is 12.1 Å². The number of hydrogen-bond donors (Lipinski definition) is 3. The van der Waals surface area contributed by atoms with Gasteiger partial charge in [0.05, 0.1) is 22.5 Å². The molecule has 8 heteroatoms. The number of aromatic amines is 1. The van der Waals surface area contributed by atoms with Crippen LogP contribution in [0.1, 0.15) is 28.4 Å². The smallest absolute Gasteiger partial charge is 0.335 e. The highest BCUT2D eigenvalue weighted by molar-refractivity contribution is 6.22. The van der Waals surface area contributed by atoms with Crippen LogP contribution < -0.4 is 4.90 Å². The van der Waals surface area contributed by atoms with Crippen LogP contribution in [-0.4, -0.2) is 64.9 Å². The van der Waals surface area contributed by atoms with E-state index in [-0.39, 0.29) is 17.4 Å². The normalized spacial score (nSPS) is 11.7. The van der Waals surface area contributed by atoms with Crippen LogP contribution in [-0.2, 0) is 4.79 Å². The minimum atomic E-state index is -1.05. The monoisotopic (exact) mass is 484 g/mol. The standard InChI is InChI=1S/C28H28N4O4/c1-18(33)32(16-15-31(2)3)22-12-10-21(11-13-22)29-26(19-7-5-4-6-8-19)25-23-14-9-20(28(35)36)17-24(23)30-27(25)34/h4-14,17,30,34H,15-16H2,1-3H3,(H,35,36). The van der Waals surface area contributed by atoms with Gasteiger partial charge in [-0.3, -0.25) is 4.79 Å². The van der Waals surface area contributed by atoms with Gasteiger partial charge in [-0.05, 0) is 50.5 Å². The number of carbonyl (C=O) groups excluding carboxylic acids is 1. The van der Waals surface area contributed by atoms with E-state index >= 15 is 0 Å². The summed E-state index contributed by atoms with van der Waals surface area (Å²) < 4.78 is 0. The van der Waals surface area contributed by atoms with Gasteiger partial charge in [-0.2, -0.15) is 0 Å². The SMILES string of the molecule is CC(=O)N(CCN(C)C)c1ccc(N=C(c2ccccc2)c2c(O)[nH]c3cc(C(=O)O)ccc23)cc1. The first-order valence-electron chi connectivity index (χ1n) is 11.5. The van der Waals surface area contributed by atoms with E-state index in [1.54, 1.807) is 17.9 Å². The van der Waals surface area contributed by atoms with Crippen molar-refractivity contribution in [2.75, 3.05) is 32.1 Å². The van der Waals surface area contributed by atoms with Crippen molar-refractivity contribution < 1.29 is 19.8 Å². The highest BCUT2D eigenvalue weighted by atomic mass is 16.4. The zero-order valence-electron chi connectivity index (χ0n) is 20.4. The number of H-pyrrole nitrogens is 1. The summed E-state index contributed by atoms with van der Waals surface area (Å²) in [5.74, 6) is -1.18. The third-order valence-corrected chi connectivity index (χ3v) is 5.86. The van der Waals surface area contributed by atoms with Crippen molar-refractivity contribution >= 4 is 39.9 Å². The van der Waals surface area contributed by atoms with Gasteiger partial charge in [-0.15, -0.1) is 0 Å². The van der Waals surface area contributed by atoms with Crippen LogP contribution in [0.4, 0.5) is 11.4 Å². The number of nitrogens with one attached hydrogen (secondary N) is 1. The number of benzene rings is 3. The Hall–Kier alpha value is -4.43. The minimum absolute atomic E-state index is 0.0393. The molecule has 1 amide bonds. The molecule has 36 heavy (non-hydrogen) atoms. The number of aromatic nitrogens is 1. The first kappa shape index (κ1) is 24.7. The number of amides is 1. The Balaban J connectivity index is 1.78. The summed E-state index contributed by atoms with van der Waals surface area (Å²) in [5.41, 5.74) is 3.84. The Kier molecular flexibility index (Phi) is 7.17. The van der Waals surface area contributed by atoms with Gasteiger partial charge in [0.15, 0.2) is 5.88 Å². The topological polar surface area (TPSA) is 109 Å². The molecule has 0 spiro atoms. The number of anilines is 1. The molecule has 3 aromatic carbocycles. The van der Waals surface area contributed by atoms with Crippen molar-refractivity contribution in [3.63, 3.8) is 0 Å². The van der Waals surface area contributed by atoms with Gasteiger partial charge in [0, 0.05) is 42.2 Å². The van der Waals surface area contributed by atoms with E-state index in [0.29, 0.717) is 34.4 Å². The molecule has 4 aromatic rings. The fourth-order valence-corrected chi connectivity index (χ4v) is 4.02. The van der Waals surface area contributed by atoms with Crippen molar-refractivity contribution in [1.82, 2.24) is 9.88 Å². The number of hydrogen-bond acceptors (Lipinski definition) is 5. The molecule has 4 rings (SSSR count). The van der Waals surface area contributed by atoms with Gasteiger partial charge in [-0.25, -0.2) is 9.79 Å². The third-order valence-electron chi connectivity index (χ3n) is 5.86. The largest absolute Gasteiger partial charge is 0.494 e. The van der Waals surface area contributed by atoms with Crippen LogP contribution in [0.25, 0.3) is 10.9 Å². The number of fused-ring (bicyclic) bond motifs is 1. The lowest BCUT2D eigenvalue weighted by atomic mass is 10.00. The number of aliphatic imine (C=N–C) groups is 1. The van der Waals surface area contributed by atoms with Gasteiger partial charge in [0.2, 0.25) is 5.91 Å². The van der Waals surface area contributed by atoms with E-state index in [2.05, 4.69) is 4.98 Å². The first-order valence-corrected chi connectivity index (χ1v) is 11.5. The maximum atomic E-state index is 12.2. The molecule has 0 bridgehead atoms. The number of carboxylic acid groups (broad SMARTS) is 1. The zero-order valence-corrected chi connectivity index (χ0v) is 20.4. The van der Waals surface area contributed by atoms with Gasteiger partial charge in [0.25, 0.3) is 0 Å². The molecule has 0 unspecified atom stereocenters. The quantitative estimate of drug-likeness (QED) is 0.315. The number of rotatable bonds is 8. The number of carboxylic acids is 1.